The van der Waals surface area contributed by atoms with Crippen LogP contribution in [0.3, 0.4) is 0 Å². The second kappa shape index (κ2) is 7.11. The predicted molar refractivity (Wildman–Crippen MR) is 90.2 cm³/mol. The predicted octanol–water partition coefficient (Wildman–Crippen LogP) is 4.34. The average molecular weight is 363 g/mol. The van der Waals surface area contributed by atoms with E-state index in [2.05, 4.69) is 0 Å². The maximum absolute atomic E-state index is 12.2. The molecule has 1 aromatic carbocycles. The van der Waals surface area contributed by atoms with Crippen LogP contribution in [0.25, 0.3) is 11.0 Å². The van der Waals surface area contributed by atoms with Gasteiger partial charge in [-0.25, -0.2) is 4.79 Å². The Hall–Kier alpha value is -0.910. The Bertz CT molecular complexity index is 773. The van der Waals surface area contributed by atoms with E-state index >= 15 is 0 Å². The van der Waals surface area contributed by atoms with Gasteiger partial charge < -0.3 is 8.94 Å². The number of benzene rings is 1. The van der Waals surface area contributed by atoms with E-state index in [-0.39, 0.29) is 12.4 Å². The summed E-state index contributed by atoms with van der Waals surface area (Å²) in [6, 6.07) is 7.17. The molecular weight excluding hydrogens is 347 g/mol. The van der Waals surface area contributed by atoms with E-state index in [1.165, 1.54) is 0 Å². The van der Waals surface area contributed by atoms with Crippen molar-refractivity contribution in [3.8, 4) is 5.75 Å². The number of alkyl halides is 1. The molecule has 1 aromatic heterocycles. The Balaban J connectivity index is 2.50. The Morgan fingerprint density at radius 1 is 1.41 bits per heavy atom. The maximum Gasteiger partial charge on any atom is 0.382 e. The molecule has 0 bridgehead atoms. The van der Waals surface area contributed by atoms with Crippen LogP contribution in [-0.4, -0.2) is 12.2 Å². The van der Waals surface area contributed by atoms with Gasteiger partial charge in [0.05, 0.1) is 6.61 Å². The number of halogens is 1. The number of para-hydroxylation sites is 1. The summed E-state index contributed by atoms with van der Waals surface area (Å²) in [5.74, 6) is -0.00667. The lowest BCUT2D eigenvalue weighted by molar-refractivity contribution is 0.199. The zero-order chi connectivity index (χ0) is 16.3. The first-order chi connectivity index (χ1) is 10.4. The fourth-order valence-corrected chi connectivity index (χ4v) is 4.57. The fourth-order valence-electron chi connectivity index (χ4n) is 1.92. The topological polar surface area (TPSA) is 57.9 Å². The summed E-state index contributed by atoms with van der Waals surface area (Å²) >= 11 is 11.1. The smallest absolute Gasteiger partial charge is 0.382 e. The fraction of sp³-hybridized carbons (Fsp3) is 0.357. The van der Waals surface area contributed by atoms with Crippen LogP contribution in [0.5, 0.6) is 5.75 Å². The first-order valence-corrected chi connectivity index (χ1v) is 9.64. The van der Waals surface area contributed by atoms with Crippen LogP contribution in [0, 0.1) is 6.92 Å². The Kier molecular flexibility index (Phi) is 5.64. The summed E-state index contributed by atoms with van der Waals surface area (Å²) in [6.07, 6.45) is 0. The summed E-state index contributed by atoms with van der Waals surface area (Å²) in [6.45, 7) is 2.19. The highest BCUT2D eigenvalue weighted by atomic mass is 35.5. The lowest BCUT2D eigenvalue weighted by Crippen LogP contribution is -2.12. The van der Waals surface area contributed by atoms with E-state index in [0.717, 1.165) is 5.39 Å². The third-order valence-electron chi connectivity index (χ3n) is 2.78. The number of hydrogen-bond acceptors (Lipinski definition) is 6. The number of rotatable bonds is 6. The average Bonchev–Trinajstić information content (AvgIpc) is 2.43. The quantitative estimate of drug-likeness (QED) is 0.433. The van der Waals surface area contributed by atoms with E-state index in [4.69, 9.17) is 41.4 Å². The molecule has 0 aliphatic carbocycles. The first kappa shape index (κ1) is 17.4. The second-order valence-corrected chi connectivity index (χ2v) is 7.95. The van der Waals surface area contributed by atoms with Gasteiger partial charge in [0.2, 0.25) is 5.75 Å². The van der Waals surface area contributed by atoms with Gasteiger partial charge in [0, 0.05) is 22.8 Å². The van der Waals surface area contributed by atoms with Gasteiger partial charge in [-0.3, -0.25) is 9.05 Å². The van der Waals surface area contributed by atoms with Crippen LogP contribution in [0.15, 0.2) is 33.5 Å². The molecule has 0 aliphatic rings. The molecule has 0 amide bonds. The van der Waals surface area contributed by atoms with Crippen LogP contribution in [0.4, 0.5) is 0 Å². The highest BCUT2D eigenvalue weighted by molar-refractivity contribution is 8.07. The minimum absolute atomic E-state index is 0.00667. The van der Waals surface area contributed by atoms with E-state index in [0.29, 0.717) is 11.1 Å². The van der Waals surface area contributed by atoms with Crippen molar-refractivity contribution in [1.82, 2.24) is 0 Å². The van der Waals surface area contributed by atoms with Crippen LogP contribution in [-0.2, 0) is 20.9 Å². The molecule has 0 saturated heterocycles. The number of hydrogen-bond donors (Lipinski definition) is 0. The Morgan fingerprint density at radius 3 is 2.73 bits per heavy atom. The minimum Gasteiger partial charge on any atom is -0.420 e. The summed E-state index contributed by atoms with van der Waals surface area (Å²) < 4.78 is 21.6. The van der Waals surface area contributed by atoms with Crippen LogP contribution in [0.1, 0.15) is 19.4 Å². The van der Waals surface area contributed by atoms with E-state index < -0.39 is 17.9 Å². The molecule has 0 spiro atoms. The number of fused-ring (bicyclic) bond motifs is 1. The monoisotopic (exact) mass is 362 g/mol. The minimum atomic E-state index is -3.19. The van der Waals surface area contributed by atoms with Crippen molar-refractivity contribution in [2.24, 2.45) is 0 Å². The highest BCUT2D eigenvalue weighted by Gasteiger charge is 2.27. The summed E-state index contributed by atoms with van der Waals surface area (Å²) in [4.78, 5) is 12.2. The van der Waals surface area contributed by atoms with Crippen molar-refractivity contribution in [3.63, 3.8) is 0 Å². The standard InChI is InChI=1S/C14H16ClO5PS/c1-4-17-21(22,19-10(3)15)20-13-9(2)11-7-5-6-8-12(11)18-14(13)16/h5-8,10H,4H2,1-3H3. The molecule has 2 rings (SSSR count). The SMILES string of the molecule is CCOP(=S)(Oc1c(C)c2ccccc2oc1=O)OC(C)Cl. The number of aryl methyl sites for hydroxylation is 1. The van der Waals surface area contributed by atoms with Gasteiger partial charge in [-0.1, -0.05) is 29.8 Å². The van der Waals surface area contributed by atoms with E-state index in [1.807, 2.05) is 12.1 Å². The van der Waals surface area contributed by atoms with Crippen molar-refractivity contribution in [2.45, 2.75) is 26.3 Å². The molecule has 5 nitrogen and oxygen atoms in total. The molecule has 0 N–H and O–H groups in total. The molecule has 1 heterocycles. The van der Waals surface area contributed by atoms with Crippen molar-refractivity contribution >= 4 is 41.1 Å². The Morgan fingerprint density at radius 2 is 2.09 bits per heavy atom. The normalized spacial score (nSPS) is 15.5. The lowest BCUT2D eigenvalue weighted by Gasteiger charge is -2.23. The zero-order valence-electron chi connectivity index (χ0n) is 12.4. The molecular formula is C14H16ClO5PS. The van der Waals surface area contributed by atoms with Gasteiger partial charge in [0.15, 0.2) is 0 Å². The van der Waals surface area contributed by atoms with Gasteiger partial charge >= 0.3 is 12.3 Å². The van der Waals surface area contributed by atoms with E-state index in [1.54, 1.807) is 32.9 Å². The molecule has 22 heavy (non-hydrogen) atoms. The molecule has 8 heteroatoms. The molecule has 0 fully saturated rings. The Labute approximate surface area is 138 Å². The largest absolute Gasteiger partial charge is 0.420 e. The summed E-state index contributed by atoms with van der Waals surface area (Å²) in [7, 11) is 0. The van der Waals surface area contributed by atoms with Gasteiger partial charge in [0.25, 0.3) is 0 Å². The van der Waals surface area contributed by atoms with Crippen LogP contribution in [0.2, 0.25) is 0 Å². The van der Waals surface area contributed by atoms with Crippen LogP contribution >= 0.6 is 18.3 Å². The summed E-state index contributed by atoms with van der Waals surface area (Å²) in [5.41, 5.74) is -0.235. The third-order valence-corrected chi connectivity index (χ3v) is 5.35. The molecule has 0 radical (unpaired) electrons. The van der Waals surface area contributed by atoms with Gasteiger partial charge in [-0.05, 0) is 26.8 Å². The molecule has 0 aliphatic heterocycles. The van der Waals surface area contributed by atoms with Gasteiger partial charge in [-0.15, -0.1) is 0 Å². The lowest BCUT2D eigenvalue weighted by atomic mass is 10.1. The first-order valence-electron chi connectivity index (χ1n) is 6.65. The van der Waals surface area contributed by atoms with E-state index in [9.17, 15) is 4.79 Å². The zero-order valence-corrected chi connectivity index (χ0v) is 14.8. The van der Waals surface area contributed by atoms with Crippen molar-refractivity contribution in [2.75, 3.05) is 6.61 Å². The molecule has 2 atom stereocenters. The summed E-state index contributed by atoms with van der Waals surface area (Å²) in [5, 5.41) is 0.758. The maximum atomic E-state index is 12.2. The second-order valence-electron chi connectivity index (χ2n) is 4.44. The molecule has 2 unspecified atom stereocenters. The van der Waals surface area contributed by atoms with Crippen LogP contribution < -0.4 is 10.1 Å². The highest BCUT2D eigenvalue weighted by Crippen LogP contribution is 2.51. The molecule has 0 saturated carbocycles. The van der Waals surface area contributed by atoms with Gasteiger partial charge in [-0.2, -0.15) is 0 Å². The van der Waals surface area contributed by atoms with Crippen molar-refractivity contribution in [1.29, 1.82) is 0 Å². The third kappa shape index (κ3) is 3.89. The van der Waals surface area contributed by atoms with Gasteiger partial charge in [0.1, 0.15) is 11.1 Å². The molecule has 120 valence electrons. The van der Waals surface area contributed by atoms with Crippen molar-refractivity contribution < 1.29 is 18.0 Å². The molecule has 2 aromatic rings. The van der Waals surface area contributed by atoms with Crippen molar-refractivity contribution in [3.05, 3.63) is 40.2 Å².